The molecular formula is C44H28. The summed E-state index contributed by atoms with van der Waals surface area (Å²) in [5, 5.41) is 13.0. The van der Waals surface area contributed by atoms with Crippen LogP contribution in [0.25, 0.3) is 87.2 Å². The lowest BCUT2D eigenvalue weighted by Gasteiger charge is -2.18. The van der Waals surface area contributed by atoms with Crippen LogP contribution in [0.1, 0.15) is 0 Å². The van der Waals surface area contributed by atoms with E-state index in [0.29, 0.717) is 0 Å². The molecule has 204 valence electrons. The molecular weight excluding hydrogens is 528 g/mol. The molecule has 9 aromatic carbocycles. The fourth-order valence-electron chi connectivity index (χ4n) is 7.15. The van der Waals surface area contributed by atoms with Crippen LogP contribution < -0.4 is 0 Å². The molecule has 0 aliphatic carbocycles. The summed E-state index contributed by atoms with van der Waals surface area (Å²) >= 11 is 0. The van der Waals surface area contributed by atoms with Crippen LogP contribution in [-0.2, 0) is 0 Å². The van der Waals surface area contributed by atoms with Crippen LogP contribution in [0.4, 0.5) is 0 Å². The zero-order valence-corrected chi connectivity index (χ0v) is 24.2. The minimum atomic E-state index is 1.23. The molecule has 0 bridgehead atoms. The summed E-state index contributed by atoms with van der Waals surface area (Å²) in [7, 11) is 0. The Kier molecular flexibility index (Phi) is 5.61. The largest absolute Gasteiger partial charge is 0.0622 e. The topological polar surface area (TPSA) is 0 Å². The lowest BCUT2D eigenvalue weighted by atomic mass is 9.85. The van der Waals surface area contributed by atoms with Crippen molar-refractivity contribution >= 4 is 53.9 Å². The van der Waals surface area contributed by atoms with Gasteiger partial charge in [-0.25, -0.2) is 0 Å². The van der Waals surface area contributed by atoms with Crippen molar-refractivity contribution in [2.24, 2.45) is 0 Å². The van der Waals surface area contributed by atoms with E-state index in [-0.39, 0.29) is 0 Å². The molecule has 0 saturated carbocycles. The summed E-state index contributed by atoms with van der Waals surface area (Å²) in [4.78, 5) is 0. The maximum Gasteiger partial charge on any atom is -0.00137 e. The fraction of sp³-hybridized carbons (Fsp3) is 0. The molecule has 0 aliphatic rings. The molecule has 0 nitrogen and oxygen atoms in total. The molecule has 0 heteroatoms. The van der Waals surface area contributed by atoms with E-state index in [0.717, 1.165) is 0 Å². The highest BCUT2D eigenvalue weighted by atomic mass is 14.2. The second kappa shape index (κ2) is 9.93. The van der Waals surface area contributed by atoms with E-state index in [9.17, 15) is 0 Å². The Balaban J connectivity index is 1.39. The molecule has 0 aromatic heterocycles. The van der Waals surface area contributed by atoms with Gasteiger partial charge in [0.25, 0.3) is 0 Å². The first kappa shape index (κ1) is 24.8. The average molecular weight is 557 g/mol. The Morgan fingerprint density at radius 3 is 0.932 bits per heavy atom. The van der Waals surface area contributed by atoms with E-state index >= 15 is 0 Å². The van der Waals surface area contributed by atoms with E-state index < -0.39 is 0 Å². The molecule has 0 aliphatic heterocycles. The van der Waals surface area contributed by atoms with E-state index in [1.54, 1.807) is 0 Å². The third kappa shape index (κ3) is 3.85. The summed E-state index contributed by atoms with van der Waals surface area (Å²) in [5.74, 6) is 0. The molecule has 0 heterocycles. The zero-order chi connectivity index (χ0) is 29.0. The number of hydrogen-bond donors (Lipinski definition) is 0. The normalized spacial score (nSPS) is 11.6. The lowest BCUT2D eigenvalue weighted by molar-refractivity contribution is 1.60. The molecule has 0 fully saturated rings. The SMILES string of the molecule is c1ccc(-c2ccc(-c3ccc4c5ccc(-c6ccccc6)cc5c5c6ccccc6c6ccccc6c5c4c3)cc2)cc1. The van der Waals surface area contributed by atoms with Crippen molar-refractivity contribution in [2.75, 3.05) is 0 Å². The van der Waals surface area contributed by atoms with Gasteiger partial charge in [0.1, 0.15) is 0 Å². The van der Waals surface area contributed by atoms with E-state index in [1.807, 2.05) is 0 Å². The first-order chi connectivity index (χ1) is 21.8. The molecule has 0 amide bonds. The van der Waals surface area contributed by atoms with Crippen molar-refractivity contribution in [3.05, 3.63) is 170 Å². The Bertz CT molecular complexity index is 2510. The molecule has 9 rings (SSSR count). The van der Waals surface area contributed by atoms with Crippen molar-refractivity contribution in [1.29, 1.82) is 0 Å². The van der Waals surface area contributed by atoms with Crippen LogP contribution in [0.3, 0.4) is 0 Å². The van der Waals surface area contributed by atoms with E-state index in [4.69, 9.17) is 0 Å². The quantitative estimate of drug-likeness (QED) is 0.190. The summed E-state index contributed by atoms with van der Waals surface area (Å²) in [6.45, 7) is 0. The molecule has 0 radical (unpaired) electrons. The molecule has 0 N–H and O–H groups in total. The molecule has 0 unspecified atom stereocenters. The summed E-state index contributed by atoms with van der Waals surface area (Å²) in [6.07, 6.45) is 0. The molecule has 9 aromatic rings. The Labute approximate surface area is 256 Å². The highest BCUT2D eigenvalue weighted by molar-refractivity contribution is 6.39. The first-order valence-electron chi connectivity index (χ1n) is 15.3. The predicted molar refractivity (Wildman–Crippen MR) is 190 cm³/mol. The van der Waals surface area contributed by atoms with Gasteiger partial charge in [-0.2, -0.15) is 0 Å². The van der Waals surface area contributed by atoms with Gasteiger partial charge in [0.15, 0.2) is 0 Å². The molecule has 0 saturated heterocycles. The number of fused-ring (bicyclic) bond motifs is 11. The summed E-state index contributed by atoms with van der Waals surface area (Å²) in [6, 6.07) is 62.2. The zero-order valence-electron chi connectivity index (χ0n) is 24.2. The maximum atomic E-state index is 2.42. The number of benzene rings is 9. The fourth-order valence-corrected chi connectivity index (χ4v) is 7.15. The minimum Gasteiger partial charge on any atom is -0.0622 e. The van der Waals surface area contributed by atoms with Crippen LogP contribution >= 0.6 is 0 Å². The van der Waals surface area contributed by atoms with Crippen LogP contribution in [0.15, 0.2) is 170 Å². The highest BCUT2D eigenvalue weighted by Crippen LogP contribution is 2.45. The van der Waals surface area contributed by atoms with Crippen molar-refractivity contribution in [2.45, 2.75) is 0 Å². The summed E-state index contributed by atoms with van der Waals surface area (Å²) < 4.78 is 0. The molecule has 44 heavy (non-hydrogen) atoms. The number of rotatable bonds is 3. The van der Waals surface area contributed by atoms with Gasteiger partial charge in [-0.1, -0.05) is 158 Å². The monoisotopic (exact) mass is 556 g/mol. The van der Waals surface area contributed by atoms with Crippen LogP contribution in [0.5, 0.6) is 0 Å². The smallest absolute Gasteiger partial charge is 0.00137 e. The minimum absolute atomic E-state index is 1.23. The van der Waals surface area contributed by atoms with Gasteiger partial charge in [0.2, 0.25) is 0 Å². The van der Waals surface area contributed by atoms with Gasteiger partial charge in [-0.15, -0.1) is 0 Å². The highest BCUT2D eigenvalue weighted by Gasteiger charge is 2.17. The third-order valence-electron chi connectivity index (χ3n) is 9.23. The van der Waals surface area contributed by atoms with Gasteiger partial charge in [0.05, 0.1) is 0 Å². The Hall–Kier alpha value is -5.72. The van der Waals surface area contributed by atoms with Crippen LogP contribution in [-0.4, -0.2) is 0 Å². The van der Waals surface area contributed by atoms with E-state index in [1.165, 1.54) is 87.2 Å². The Morgan fingerprint density at radius 1 is 0.182 bits per heavy atom. The predicted octanol–water partition coefficient (Wildman–Crippen LogP) is 12.5. The standard InChI is InChI=1S/C44H28/c1-3-11-29(12-4-1)31-19-21-32(22-20-31)34-24-26-38-37-25-23-33(30-13-5-2-6-14-30)27-41(37)43-39-17-9-7-15-35(39)36-16-8-10-18-40(36)44(43)42(38)28-34/h1-28H. The second-order valence-electron chi connectivity index (χ2n) is 11.7. The van der Waals surface area contributed by atoms with Crippen molar-refractivity contribution < 1.29 is 0 Å². The van der Waals surface area contributed by atoms with E-state index in [2.05, 4.69) is 170 Å². The average Bonchev–Trinajstić information content (AvgIpc) is 3.12. The van der Waals surface area contributed by atoms with Crippen molar-refractivity contribution in [1.82, 2.24) is 0 Å². The summed E-state index contributed by atoms with van der Waals surface area (Å²) in [5.41, 5.74) is 7.41. The van der Waals surface area contributed by atoms with Gasteiger partial charge >= 0.3 is 0 Å². The Morgan fingerprint density at radius 2 is 0.477 bits per heavy atom. The van der Waals surface area contributed by atoms with Crippen molar-refractivity contribution in [3.63, 3.8) is 0 Å². The lowest BCUT2D eigenvalue weighted by Crippen LogP contribution is -1.90. The van der Waals surface area contributed by atoms with Gasteiger partial charge in [-0.3, -0.25) is 0 Å². The molecule has 0 spiro atoms. The van der Waals surface area contributed by atoms with Gasteiger partial charge in [-0.05, 0) is 99.4 Å². The second-order valence-corrected chi connectivity index (χ2v) is 11.7. The third-order valence-corrected chi connectivity index (χ3v) is 9.23. The number of hydrogen-bond acceptors (Lipinski definition) is 0. The van der Waals surface area contributed by atoms with Crippen molar-refractivity contribution in [3.8, 4) is 33.4 Å². The molecule has 0 atom stereocenters. The van der Waals surface area contributed by atoms with Crippen LogP contribution in [0, 0.1) is 0 Å². The van der Waals surface area contributed by atoms with Crippen LogP contribution in [0.2, 0.25) is 0 Å². The van der Waals surface area contributed by atoms with Gasteiger partial charge < -0.3 is 0 Å². The maximum absolute atomic E-state index is 2.42. The first-order valence-corrected chi connectivity index (χ1v) is 15.3. The van der Waals surface area contributed by atoms with Gasteiger partial charge in [0, 0.05) is 0 Å².